The third-order valence-electron chi connectivity index (χ3n) is 5.27. The summed E-state index contributed by atoms with van der Waals surface area (Å²) >= 11 is 0. The molecule has 2 unspecified atom stereocenters. The number of carbonyl (C=O) groups is 1. The van der Waals surface area contributed by atoms with E-state index < -0.39 is 0 Å². The van der Waals surface area contributed by atoms with E-state index in [9.17, 15) is 9.90 Å². The molecule has 0 bridgehead atoms. The number of benzene rings is 2. The van der Waals surface area contributed by atoms with Crippen LogP contribution in [0, 0.1) is 5.41 Å². The van der Waals surface area contributed by atoms with Crippen LogP contribution < -0.4 is 0 Å². The molecule has 0 aromatic heterocycles. The Labute approximate surface area is 124 Å². The second-order valence-electron chi connectivity index (χ2n) is 6.47. The fraction of sp³-hybridized carbons (Fsp3) is 0.316. The molecule has 2 heteroatoms. The highest BCUT2D eigenvalue weighted by Gasteiger charge is 2.49. The Morgan fingerprint density at radius 3 is 2.62 bits per heavy atom. The van der Waals surface area contributed by atoms with Gasteiger partial charge in [-0.05, 0) is 52.5 Å². The molecule has 0 heterocycles. The highest BCUT2D eigenvalue weighted by atomic mass is 16.3. The zero-order chi connectivity index (χ0) is 14.4. The van der Waals surface area contributed by atoms with Crippen molar-refractivity contribution in [2.24, 2.45) is 5.41 Å². The van der Waals surface area contributed by atoms with Gasteiger partial charge < -0.3 is 9.90 Å². The van der Waals surface area contributed by atoms with Gasteiger partial charge in [-0.3, -0.25) is 0 Å². The van der Waals surface area contributed by atoms with E-state index in [-0.39, 0.29) is 17.9 Å². The van der Waals surface area contributed by atoms with Crippen LogP contribution in [0.25, 0.3) is 0 Å². The second kappa shape index (κ2) is 4.54. The van der Waals surface area contributed by atoms with E-state index in [0.717, 1.165) is 31.1 Å². The molecule has 2 atom stereocenters. The van der Waals surface area contributed by atoms with Crippen LogP contribution in [0.1, 0.15) is 33.7 Å². The number of fused-ring (bicyclic) bond motifs is 2. The van der Waals surface area contributed by atoms with Crippen LogP contribution in [0.3, 0.4) is 0 Å². The summed E-state index contributed by atoms with van der Waals surface area (Å²) in [5.41, 5.74) is 6.16. The van der Waals surface area contributed by atoms with E-state index in [2.05, 4.69) is 30.3 Å². The van der Waals surface area contributed by atoms with E-state index in [1.165, 1.54) is 22.3 Å². The summed E-state index contributed by atoms with van der Waals surface area (Å²) in [5, 5.41) is 9.31. The minimum Gasteiger partial charge on any atom is -0.392 e. The molecule has 106 valence electrons. The van der Waals surface area contributed by atoms with Gasteiger partial charge in [0.15, 0.2) is 0 Å². The molecule has 1 N–H and O–H groups in total. The van der Waals surface area contributed by atoms with E-state index in [1.54, 1.807) is 0 Å². The number of aliphatic hydroxyl groups excluding tert-OH is 1. The van der Waals surface area contributed by atoms with Gasteiger partial charge in [-0.15, -0.1) is 0 Å². The maximum Gasteiger partial charge on any atom is 0.128 e. The van der Waals surface area contributed by atoms with E-state index in [0.29, 0.717) is 0 Å². The third kappa shape index (κ3) is 1.79. The standard InChI is InChI=1S/C19H18O2/c20-11-13-5-6-14-8-19(10-16(14)7-13)9-15-3-1-2-4-17(15)18(19)12-21/h1-7,12,18,20H,8-11H2. The molecule has 4 rings (SSSR count). The zero-order valence-electron chi connectivity index (χ0n) is 11.9. The molecule has 21 heavy (non-hydrogen) atoms. The normalized spacial score (nSPS) is 25.9. The molecule has 2 aromatic rings. The lowest BCUT2D eigenvalue weighted by Gasteiger charge is -2.27. The Morgan fingerprint density at radius 2 is 1.81 bits per heavy atom. The van der Waals surface area contributed by atoms with E-state index >= 15 is 0 Å². The lowest BCUT2D eigenvalue weighted by molar-refractivity contribution is -0.111. The van der Waals surface area contributed by atoms with Crippen LogP contribution in [0.15, 0.2) is 42.5 Å². The van der Waals surface area contributed by atoms with Crippen LogP contribution in [0.2, 0.25) is 0 Å². The highest BCUT2D eigenvalue weighted by molar-refractivity contribution is 5.69. The van der Waals surface area contributed by atoms with Crippen LogP contribution in [-0.4, -0.2) is 11.4 Å². The quantitative estimate of drug-likeness (QED) is 0.858. The SMILES string of the molecule is O=CC1c2ccccc2CC12Cc1ccc(CO)cc1C2. The van der Waals surface area contributed by atoms with Crippen molar-refractivity contribution < 1.29 is 9.90 Å². The summed E-state index contributed by atoms with van der Waals surface area (Å²) in [6, 6.07) is 14.6. The Hall–Kier alpha value is -1.93. The monoisotopic (exact) mass is 278 g/mol. The maximum atomic E-state index is 11.8. The van der Waals surface area contributed by atoms with Gasteiger partial charge in [0.05, 0.1) is 6.61 Å². The molecule has 1 spiro atoms. The predicted octanol–water partition coefficient (Wildman–Crippen LogP) is 2.80. The van der Waals surface area contributed by atoms with E-state index in [4.69, 9.17) is 0 Å². The van der Waals surface area contributed by atoms with Gasteiger partial charge in [0.2, 0.25) is 0 Å². The van der Waals surface area contributed by atoms with Crippen molar-refractivity contribution in [1.29, 1.82) is 0 Å². The lowest BCUT2D eigenvalue weighted by atomic mass is 9.74. The molecule has 0 fully saturated rings. The van der Waals surface area contributed by atoms with Crippen molar-refractivity contribution in [3.8, 4) is 0 Å². The molecule has 2 nitrogen and oxygen atoms in total. The first-order chi connectivity index (χ1) is 10.3. The zero-order valence-corrected chi connectivity index (χ0v) is 11.9. The second-order valence-corrected chi connectivity index (χ2v) is 6.47. The first-order valence-electron chi connectivity index (χ1n) is 7.50. The van der Waals surface area contributed by atoms with Crippen molar-refractivity contribution in [2.45, 2.75) is 31.8 Å². The summed E-state index contributed by atoms with van der Waals surface area (Å²) < 4.78 is 0. The Balaban J connectivity index is 1.76. The maximum absolute atomic E-state index is 11.8. The van der Waals surface area contributed by atoms with Gasteiger partial charge in [-0.2, -0.15) is 0 Å². The Morgan fingerprint density at radius 1 is 1.05 bits per heavy atom. The van der Waals surface area contributed by atoms with Gasteiger partial charge in [0, 0.05) is 5.92 Å². The van der Waals surface area contributed by atoms with Gasteiger partial charge in [-0.1, -0.05) is 42.5 Å². The topological polar surface area (TPSA) is 37.3 Å². The number of hydrogen-bond donors (Lipinski definition) is 1. The number of hydrogen-bond acceptors (Lipinski definition) is 2. The van der Waals surface area contributed by atoms with Gasteiger partial charge in [0.25, 0.3) is 0 Å². The molecular formula is C19H18O2. The van der Waals surface area contributed by atoms with Gasteiger partial charge >= 0.3 is 0 Å². The van der Waals surface area contributed by atoms with Crippen LogP contribution in [-0.2, 0) is 30.7 Å². The Bertz CT molecular complexity index is 719. The smallest absolute Gasteiger partial charge is 0.128 e. The lowest BCUT2D eigenvalue weighted by Crippen LogP contribution is -2.27. The summed E-state index contributed by atoms with van der Waals surface area (Å²) in [5.74, 6) is -0.00123. The summed E-state index contributed by atoms with van der Waals surface area (Å²) in [4.78, 5) is 11.8. The summed E-state index contributed by atoms with van der Waals surface area (Å²) in [7, 11) is 0. The largest absolute Gasteiger partial charge is 0.392 e. The van der Waals surface area contributed by atoms with E-state index in [1.807, 2.05) is 12.1 Å². The first-order valence-corrected chi connectivity index (χ1v) is 7.50. The third-order valence-corrected chi connectivity index (χ3v) is 5.27. The minimum atomic E-state index is -0.00123. The first kappa shape index (κ1) is 12.8. The Kier molecular flexibility index (Phi) is 2.76. The van der Waals surface area contributed by atoms with Crippen LogP contribution in [0.5, 0.6) is 0 Å². The molecule has 2 aromatic carbocycles. The molecule has 2 aliphatic carbocycles. The average molecular weight is 278 g/mol. The fourth-order valence-electron chi connectivity index (χ4n) is 4.32. The average Bonchev–Trinajstić information content (AvgIpc) is 3.02. The summed E-state index contributed by atoms with van der Waals surface area (Å²) in [6.07, 6.45) is 4.03. The number of aliphatic hydroxyl groups is 1. The fourth-order valence-corrected chi connectivity index (χ4v) is 4.32. The molecule has 2 aliphatic rings. The molecule has 0 saturated heterocycles. The molecule has 0 aliphatic heterocycles. The van der Waals surface area contributed by atoms with Crippen molar-refractivity contribution in [2.75, 3.05) is 0 Å². The molecular weight excluding hydrogens is 260 g/mol. The highest BCUT2D eigenvalue weighted by Crippen LogP contribution is 2.53. The molecule has 0 saturated carbocycles. The van der Waals surface area contributed by atoms with Crippen molar-refractivity contribution in [3.05, 3.63) is 70.3 Å². The van der Waals surface area contributed by atoms with Gasteiger partial charge in [0.1, 0.15) is 6.29 Å². The van der Waals surface area contributed by atoms with Crippen LogP contribution in [0.4, 0.5) is 0 Å². The van der Waals surface area contributed by atoms with Gasteiger partial charge in [-0.25, -0.2) is 0 Å². The number of carbonyl (C=O) groups excluding carboxylic acids is 1. The number of aldehydes is 1. The molecule has 0 amide bonds. The predicted molar refractivity (Wildman–Crippen MR) is 81.2 cm³/mol. The van der Waals surface area contributed by atoms with Crippen LogP contribution >= 0.6 is 0 Å². The summed E-state index contributed by atoms with van der Waals surface area (Å²) in [6.45, 7) is 0.0810. The van der Waals surface area contributed by atoms with Crippen molar-refractivity contribution in [1.82, 2.24) is 0 Å². The van der Waals surface area contributed by atoms with Crippen molar-refractivity contribution >= 4 is 6.29 Å². The molecule has 0 radical (unpaired) electrons. The van der Waals surface area contributed by atoms with Crippen molar-refractivity contribution in [3.63, 3.8) is 0 Å². The number of rotatable bonds is 2. The minimum absolute atomic E-state index is 0.00123.